The molecule has 1 heterocycles. The van der Waals surface area contributed by atoms with E-state index < -0.39 is 0 Å². The van der Waals surface area contributed by atoms with Crippen LogP contribution in [-0.2, 0) is 6.54 Å². The molecule has 0 atom stereocenters. The van der Waals surface area contributed by atoms with Gasteiger partial charge in [0, 0.05) is 5.69 Å². The Balaban J connectivity index is 1.82. The van der Waals surface area contributed by atoms with Crippen molar-refractivity contribution in [3.63, 3.8) is 0 Å². The molecule has 0 fully saturated rings. The van der Waals surface area contributed by atoms with Crippen LogP contribution in [0.25, 0.3) is 0 Å². The molecule has 5 heteroatoms. The first-order chi connectivity index (χ1) is 8.24. The summed E-state index contributed by atoms with van der Waals surface area (Å²) in [5.74, 6) is 1.42. The molecule has 0 aliphatic rings. The van der Waals surface area contributed by atoms with Gasteiger partial charge in [0.25, 0.3) is 0 Å². The Bertz CT molecular complexity index is 495. The summed E-state index contributed by atoms with van der Waals surface area (Å²) in [6.07, 6.45) is 1.69. The van der Waals surface area contributed by atoms with Crippen LogP contribution < -0.4 is 10.6 Å². The maximum atomic E-state index is 5.32. The van der Waals surface area contributed by atoms with Gasteiger partial charge in [-0.3, -0.25) is 0 Å². The van der Waals surface area contributed by atoms with Crippen LogP contribution in [0.3, 0.4) is 0 Å². The summed E-state index contributed by atoms with van der Waals surface area (Å²) < 4.78 is 5.32. The third-order valence-electron chi connectivity index (χ3n) is 2.10. The van der Waals surface area contributed by atoms with Gasteiger partial charge in [-0.15, -0.1) is 0 Å². The monoisotopic (exact) mass is 247 g/mol. The fourth-order valence-electron chi connectivity index (χ4n) is 1.34. The first-order valence-electron chi connectivity index (χ1n) is 5.25. The molecule has 0 saturated carbocycles. The van der Waals surface area contributed by atoms with Gasteiger partial charge < -0.3 is 15.1 Å². The maximum absolute atomic E-state index is 5.32. The van der Waals surface area contributed by atoms with Gasteiger partial charge >= 0.3 is 0 Å². The average Bonchev–Trinajstić information content (AvgIpc) is 2.74. The van der Waals surface area contributed by atoms with E-state index >= 15 is 0 Å². The lowest BCUT2D eigenvalue weighted by Crippen LogP contribution is -2.27. The topological polar surface area (TPSA) is 50.1 Å². The molecule has 88 valence electrons. The van der Waals surface area contributed by atoms with Crippen molar-refractivity contribution in [2.24, 2.45) is 0 Å². The Morgan fingerprint density at radius 1 is 1.35 bits per heavy atom. The smallest absolute Gasteiger partial charge is 0.213 e. The van der Waals surface area contributed by atoms with E-state index in [1.165, 1.54) is 0 Å². The molecule has 0 unspecified atom stereocenters. The molecule has 17 heavy (non-hydrogen) atoms. The standard InChI is InChI=1S/C12H13N3OS/c1-9-7-13-11(16-9)8-14-12(17)15-10-5-3-2-4-6-10/h2-7H,8H2,1H3,(H2,14,15,17). The van der Waals surface area contributed by atoms with Crippen molar-refractivity contribution in [2.75, 3.05) is 5.32 Å². The van der Waals surface area contributed by atoms with Gasteiger partial charge in [0.2, 0.25) is 5.89 Å². The quantitative estimate of drug-likeness (QED) is 0.816. The van der Waals surface area contributed by atoms with Gasteiger partial charge in [0.05, 0.1) is 12.7 Å². The van der Waals surface area contributed by atoms with Crippen LogP contribution in [0.4, 0.5) is 5.69 Å². The van der Waals surface area contributed by atoms with Crippen LogP contribution in [0.15, 0.2) is 40.9 Å². The number of hydrogen-bond donors (Lipinski definition) is 2. The van der Waals surface area contributed by atoms with Gasteiger partial charge in [-0.2, -0.15) is 0 Å². The molecule has 0 aliphatic heterocycles. The number of nitrogens with zero attached hydrogens (tertiary/aromatic N) is 1. The zero-order valence-electron chi connectivity index (χ0n) is 9.43. The zero-order chi connectivity index (χ0) is 12.1. The first kappa shape index (κ1) is 11.6. The molecule has 4 nitrogen and oxygen atoms in total. The highest BCUT2D eigenvalue weighted by molar-refractivity contribution is 7.80. The summed E-state index contributed by atoms with van der Waals surface area (Å²) in [5, 5.41) is 6.64. The maximum Gasteiger partial charge on any atom is 0.213 e. The normalized spacial score (nSPS) is 9.94. The van der Waals surface area contributed by atoms with E-state index in [9.17, 15) is 0 Å². The Kier molecular flexibility index (Phi) is 3.72. The highest BCUT2D eigenvalue weighted by atomic mass is 32.1. The van der Waals surface area contributed by atoms with E-state index in [2.05, 4.69) is 15.6 Å². The van der Waals surface area contributed by atoms with Crippen molar-refractivity contribution >= 4 is 23.0 Å². The minimum atomic E-state index is 0.479. The SMILES string of the molecule is Cc1cnc(CNC(=S)Nc2ccccc2)o1. The van der Waals surface area contributed by atoms with Crippen LogP contribution in [0.5, 0.6) is 0 Å². The summed E-state index contributed by atoms with van der Waals surface area (Å²) in [5.41, 5.74) is 0.952. The molecule has 1 aromatic heterocycles. The molecular weight excluding hydrogens is 234 g/mol. The van der Waals surface area contributed by atoms with Crippen molar-refractivity contribution in [2.45, 2.75) is 13.5 Å². The number of nitrogens with one attached hydrogen (secondary N) is 2. The van der Waals surface area contributed by atoms with Crippen LogP contribution >= 0.6 is 12.2 Å². The Morgan fingerprint density at radius 2 is 2.12 bits per heavy atom. The predicted octanol–water partition coefficient (Wildman–Crippen LogP) is 2.47. The second kappa shape index (κ2) is 5.45. The molecule has 2 N–H and O–H groups in total. The highest BCUT2D eigenvalue weighted by Crippen LogP contribution is 2.05. The summed E-state index contributed by atoms with van der Waals surface area (Å²) >= 11 is 5.15. The van der Waals surface area contributed by atoms with Crippen LogP contribution in [0.1, 0.15) is 11.7 Å². The predicted molar refractivity (Wildman–Crippen MR) is 70.7 cm³/mol. The minimum Gasteiger partial charge on any atom is -0.444 e. The second-order valence-corrected chi connectivity index (χ2v) is 3.95. The fourth-order valence-corrected chi connectivity index (χ4v) is 1.53. The van der Waals surface area contributed by atoms with E-state index in [0.29, 0.717) is 17.5 Å². The molecule has 0 radical (unpaired) electrons. The van der Waals surface area contributed by atoms with E-state index in [1.54, 1.807) is 6.20 Å². The number of thiocarbonyl (C=S) groups is 1. The molecule has 0 spiro atoms. The Hall–Kier alpha value is -1.88. The lowest BCUT2D eigenvalue weighted by atomic mass is 10.3. The van der Waals surface area contributed by atoms with Crippen LogP contribution in [0.2, 0.25) is 0 Å². The van der Waals surface area contributed by atoms with Crippen molar-refractivity contribution < 1.29 is 4.42 Å². The van der Waals surface area contributed by atoms with Crippen LogP contribution in [0, 0.1) is 6.92 Å². The van der Waals surface area contributed by atoms with E-state index in [1.807, 2.05) is 37.3 Å². The number of benzene rings is 1. The van der Waals surface area contributed by atoms with E-state index in [4.69, 9.17) is 16.6 Å². The van der Waals surface area contributed by atoms with Gasteiger partial charge in [-0.25, -0.2) is 4.98 Å². The van der Waals surface area contributed by atoms with E-state index in [-0.39, 0.29) is 0 Å². The number of hydrogen-bond acceptors (Lipinski definition) is 3. The van der Waals surface area contributed by atoms with E-state index in [0.717, 1.165) is 11.4 Å². The minimum absolute atomic E-state index is 0.479. The molecule has 1 aromatic carbocycles. The molecule has 0 saturated heterocycles. The van der Waals surface area contributed by atoms with Crippen molar-refractivity contribution in [1.29, 1.82) is 0 Å². The lowest BCUT2D eigenvalue weighted by molar-refractivity contribution is 0.466. The van der Waals surface area contributed by atoms with Crippen molar-refractivity contribution in [1.82, 2.24) is 10.3 Å². The molecule has 0 amide bonds. The average molecular weight is 247 g/mol. The number of aryl methyl sites for hydroxylation is 1. The molecule has 0 aliphatic carbocycles. The summed E-state index contributed by atoms with van der Waals surface area (Å²) in [4.78, 5) is 4.08. The third-order valence-corrected chi connectivity index (χ3v) is 2.35. The number of anilines is 1. The lowest BCUT2D eigenvalue weighted by Gasteiger charge is -2.08. The zero-order valence-corrected chi connectivity index (χ0v) is 10.3. The van der Waals surface area contributed by atoms with Crippen LogP contribution in [-0.4, -0.2) is 10.1 Å². The summed E-state index contributed by atoms with van der Waals surface area (Å²) in [6, 6.07) is 9.74. The fraction of sp³-hybridized carbons (Fsp3) is 0.167. The van der Waals surface area contributed by atoms with Gasteiger partial charge in [0.15, 0.2) is 5.11 Å². The number of para-hydroxylation sites is 1. The third kappa shape index (κ3) is 3.57. The molecule has 0 bridgehead atoms. The highest BCUT2D eigenvalue weighted by Gasteiger charge is 2.01. The Labute approximate surface area is 105 Å². The van der Waals surface area contributed by atoms with Crippen molar-refractivity contribution in [3.8, 4) is 0 Å². The molecule has 2 rings (SSSR count). The van der Waals surface area contributed by atoms with Gasteiger partial charge in [0.1, 0.15) is 5.76 Å². The molecule has 2 aromatic rings. The first-order valence-corrected chi connectivity index (χ1v) is 5.66. The van der Waals surface area contributed by atoms with Crippen molar-refractivity contribution in [3.05, 3.63) is 48.2 Å². The number of aromatic nitrogens is 1. The summed E-state index contributed by atoms with van der Waals surface area (Å²) in [6.45, 7) is 2.34. The number of oxazole rings is 1. The largest absolute Gasteiger partial charge is 0.444 e. The number of rotatable bonds is 3. The second-order valence-electron chi connectivity index (χ2n) is 3.54. The van der Waals surface area contributed by atoms with Gasteiger partial charge in [-0.05, 0) is 31.3 Å². The summed E-state index contributed by atoms with van der Waals surface area (Å²) in [7, 11) is 0. The molecular formula is C12H13N3OS. The van der Waals surface area contributed by atoms with Gasteiger partial charge in [-0.1, -0.05) is 18.2 Å². The Morgan fingerprint density at radius 3 is 2.76 bits per heavy atom.